The molecule has 1 aliphatic rings. The fourth-order valence-electron chi connectivity index (χ4n) is 2.68. The van der Waals surface area contributed by atoms with Crippen LogP contribution < -0.4 is 10.2 Å². The largest absolute Gasteiger partial charge is 0.369 e. The molecule has 112 valence electrons. The van der Waals surface area contributed by atoms with E-state index in [1.165, 1.54) is 0 Å². The lowest BCUT2D eigenvalue weighted by Gasteiger charge is -2.33. The molecule has 2 nitrogen and oxygen atoms in total. The highest BCUT2D eigenvalue weighted by Crippen LogP contribution is 2.25. The summed E-state index contributed by atoms with van der Waals surface area (Å²) in [5, 5.41) is 3.51. The lowest BCUT2D eigenvalue weighted by atomic mass is 10.0. The van der Waals surface area contributed by atoms with Gasteiger partial charge in [-0.25, -0.2) is 13.2 Å². The fraction of sp³-hybridized carbons (Fsp3) is 0.600. The van der Waals surface area contributed by atoms with Gasteiger partial charge in [0.15, 0.2) is 11.6 Å². The van der Waals surface area contributed by atoms with Crippen molar-refractivity contribution in [3.63, 3.8) is 0 Å². The van der Waals surface area contributed by atoms with Gasteiger partial charge in [-0.2, -0.15) is 0 Å². The Morgan fingerprint density at radius 1 is 1.20 bits per heavy atom. The summed E-state index contributed by atoms with van der Waals surface area (Å²) in [6, 6.07) is 2.33. The zero-order valence-corrected chi connectivity index (χ0v) is 11.9. The molecule has 0 spiro atoms. The topological polar surface area (TPSA) is 15.3 Å². The van der Waals surface area contributed by atoms with Gasteiger partial charge in [-0.05, 0) is 26.2 Å². The molecule has 1 fully saturated rings. The smallest absolute Gasteiger partial charge is 0.182 e. The summed E-state index contributed by atoms with van der Waals surface area (Å²) in [5.74, 6) is -2.82. The third-order valence-corrected chi connectivity index (χ3v) is 3.91. The van der Waals surface area contributed by atoms with Crippen molar-refractivity contribution in [1.29, 1.82) is 0 Å². The van der Waals surface area contributed by atoms with Crippen LogP contribution in [0.2, 0.25) is 0 Å². The Bertz CT molecular complexity index is 465. The van der Waals surface area contributed by atoms with Crippen molar-refractivity contribution in [2.45, 2.75) is 45.2 Å². The number of anilines is 1. The van der Waals surface area contributed by atoms with E-state index < -0.39 is 17.5 Å². The van der Waals surface area contributed by atoms with Crippen molar-refractivity contribution in [3.05, 3.63) is 29.6 Å². The number of hydrogen-bond donors (Lipinski definition) is 1. The van der Waals surface area contributed by atoms with E-state index >= 15 is 0 Å². The minimum Gasteiger partial charge on any atom is -0.369 e. The molecule has 20 heavy (non-hydrogen) atoms. The maximum Gasteiger partial charge on any atom is 0.182 e. The third-order valence-electron chi connectivity index (χ3n) is 3.91. The second-order valence-corrected chi connectivity index (χ2v) is 5.46. The van der Waals surface area contributed by atoms with Crippen molar-refractivity contribution in [2.75, 3.05) is 18.0 Å². The van der Waals surface area contributed by atoms with Gasteiger partial charge in [-0.1, -0.05) is 6.92 Å². The Morgan fingerprint density at radius 3 is 2.60 bits per heavy atom. The molecular weight excluding hydrogens is 265 g/mol. The maximum absolute atomic E-state index is 13.9. The lowest BCUT2D eigenvalue weighted by Crippen LogP contribution is -2.44. The predicted molar refractivity (Wildman–Crippen MR) is 74.4 cm³/mol. The van der Waals surface area contributed by atoms with Gasteiger partial charge in [0.05, 0.1) is 5.69 Å². The summed E-state index contributed by atoms with van der Waals surface area (Å²) in [4.78, 5) is 1.75. The number of halogens is 3. The third kappa shape index (κ3) is 3.45. The first kappa shape index (κ1) is 15.2. The van der Waals surface area contributed by atoms with Gasteiger partial charge in [0.1, 0.15) is 5.82 Å². The van der Waals surface area contributed by atoms with Crippen LogP contribution in [-0.4, -0.2) is 25.2 Å². The molecule has 0 saturated carbocycles. The zero-order chi connectivity index (χ0) is 14.7. The Morgan fingerprint density at radius 2 is 1.90 bits per heavy atom. The molecule has 1 aliphatic heterocycles. The first-order valence-electron chi connectivity index (χ1n) is 7.16. The van der Waals surface area contributed by atoms with E-state index in [0.717, 1.165) is 25.3 Å². The van der Waals surface area contributed by atoms with Gasteiger partial charge < -0.3 is 10.2 Å². The minimum atomic E-state index is -1.12. The average molecular weight is 286 g/mol. The number of rotatable bonds is 2. The molecular formula is C15H21F3N2. The molecule has 2 unspecified atom stereocenters. The number of nitrogens with one attached hydrogen (secondary N) is 1. The molecule has 0 radical (unpaired) electrons. The molecule has 1 N–H and O–H groups in total. The molecule has 1 aromatic rings. The minimum absolute atomic E-state index is 0.0338. The van der Waals surface area contributed by atoms with Crippen molar-refractivity contribution < 1.29 is 13.2 Å². The normalized spacial score (nSPS) is 24.4. The number of hydrogen-bond acceptors (Lipinski definition) is 2. The van der Waals surface area contributed by atoms with Crippen LogP contribution in [0.4, 0.5) is 18.9 Å². The molecule has 1 aromatic carbocycles. The van der Waals surface area contributed by atoms with E-state index in [4.69, 9.17) is 0 Å². The molecule has 0 aliphatic carbocycles. The molecule has 0 aromatic heterocycles. The number of nitrogens with zero attached hydrogens (tertiary/aromatic N) is 1. The van der Waals surface area contributed by atoms with Crippen molar-refractivity contribution in [1.82, 2.24) is 5.32 Å². The van der Waals surface area contributed by atoms with Gasteiger partial charge in [-0.3, -0.25) is 0 Å². The standard InChI is InChI=1S/C15H21F3N2/c1-3-12-5-7-20(6-4-10(2)19-12)14-9-11(16)8-13(17)15(14)18/h8-10,12,19H,3-7H2,1-2H3. The highest BCUT2D eigenvalue weighted by molar-refractivity contribution is 5.48. The van der Waals surface area contributed by atoms with E-state index in [0.29, 0.717) is 31.2 Å². The van der Waals surface area contributed by atoms with Crippen LogP contribution in [-0.2, 0) is 0 Å². The Balaban J connectivity index is 2.22. The highest BCUT2D eigenvalue weighted by Gasteiger charge is 2.21. The first-order valence-corrected chi connectivity index (χ1v) is 7.16. The molecule has 1 heterocycles. The van der Waals surface area contributed by atoms with Gasteiger partial charge >= 0.3 is 0 Å². The fourth-order valence-corrected chi connectivity index (χ4v) is 2.68. The van der Waals surface area contributed by atoms with Crippen molar-refractivity contribution in [3.8, 4) is 0 Å². The van der Waals surface area contributed by atoms with Gasteiger partial charge in [-0.15, -0.1) is 0 Å². The summed E-state index contributed by atoms with van der Waals surface area (Å²) < 4.78 is 40.5. The SMILES string of the molecule is CCC1CCN(c2cc(F)cc(F)c2F)CCC(C)N1. The van der Waals surface area contributed by atoms with E-state index in [9.17, 15) is 13.2 Å². The maximum atomic E-state index is 13.9. The Hall–Kier alpha value is -1.23. The molecule has 0 amide bonds. The summed E-state index contributed by atoms with van der Waals surface area (Å²) >= 11 is 0. The summed E-state index contributed by atoms with van der Waals surface area (Å²) in [6.45, 7) is 5.36. The van der Waals surface area contributed by atoms with Crippen LogP contribution in [0.5, 0.6) is 0 Å². The van der Waals surface area contributed by atoms with Crippen molar-refractivity contribution >= 4 is 5.69 Å². The number of benzene rings is 1. The molecule has 2 atom stereocenters. The zero-order valence-electron chi connectivity index (χ0n) is 11.9. The van der Waals surface area contributed by atoms with Crippen LogP contribution in [0.25, 0.3) is 0 Å². The summed E-state index contributed by atoms with van der Waals surface area (Å²) in [7, 11) is 0. The monoisotopic (exact) mass is 286 g/mol. The van der Waals surface area contributed by atoms with Gasteiger partial charge in [0, 0.05) is 37.3 Å². The van der Waals surface area contributed by atoms with E-state index in [-0.39, 0.29) is 5.69 Å². The quantitative estimate of drug-likeness (QED) is 0.838. The van der Waals surface area contributed by atoms with E-state index in [1.54, 1.807) is 4.90 Å². The summed E-state index contributed by atoms with van der Waals surface area (Å²) in [5.41, 5.74) is 0.0338. The second kappa shape index (κ2) is 6.48. The predicted octanol–water partition coefficient (Wildman–Crippen LogP) is 3.46. The van der Waals surface area contributed by atoms with Gasteiger partial charge in [0.25, 0.3) is 0 Å². The van der Waals surface area contributed by atoms with E-state index in [1.807, 2.05) is 0 Å². The van der Waals surface area contributed by atoms with Gasteiger partial charge in [0.2, 0.25) is 0 Å². The molecule has 5 heteroatoms. The first-order chi connectivity index (χ1) is 9.51. The molecule has 0 bridgehead atoms. The van der Waals surface area contributed by atoms with E-state index in [2.05, 4.69) is 19.2 Å². The Labute approximate surface area is 118 Å². The van der Waals surface area contributed by atoms with Crippen LogP contribution in [0.1, 0.15) is 33.1 Å². The van der Waals surface area contributed by atoms with Crippen LogP contribution in [0, 0.1) is 17.5 Å². The van der Waals surface area contributed by atoms with Crippen LogP contribution >= 0.6 is 0 Å². The average Bonchev–Trinajstić information content (AvgIpc) is 2.39. The lowest BCUT2D eigenvalue weighted by molar-refractivity contribution is 0.376. The Kier molecular flexibility index (Phi) is 4.91. The van der Waals surface area contributed by atoms with Crippen LogP contribution in [0.15, 0.2) is 12.1 Å². The highest BCUT2D eigenvalue weighted by atomic mass is 19.2. The summed E-state index contributed by atoms with van der Waals surface area (Å²) in [6.07, 6.45) is 2.63. The molecule has 1 saturated heterocycles. The van der Waals surface area contributed by atoms with Crippen LogP contribution in [0.3, 0.4) is 0 Å². The van der Waals surface area contributed by atoms with Crippen molar-refractivity contribution in [2.24, 2.45) is 0 Å². The molecule has 2 rings (SSSR count). The second-order valence-electron chi connectivity index (χ2n) is 5.46.